The van der Waals surface area contributed by atoms with Crippen LogP contribution in [0.2, 0.25) is 0 Å². The van der Waals surface area contributed by atoms with Crippen molar-refractivity contribution in [3.8, 4) is 0 Å². The molecule has 0 saturated heterocycles. The summed E-state index contributed by atoms with van der Waals surface area (Å²) in [5.74, 6) is 8.04. The van der Waals surface area contributed by atoms with Crippen LogP contribution in [0.25, 0.3) is 53.9 Å². The van der Waals surface area contributed by atoms with Gasteiger partial charge in [-0.3, -0.25) is 0 Å². The molecule has 1 heterocycles. The third kappa shape index (κ3) is 1.43. The normalized spacial score (nSPS) is 40.1. The Balaban J connectivity index is 1.39. The Labute approximate surface area is 230 Å². The fourth-order valence-electron chi connectivity index (χ4n) is 14.6. The molecule has 39 heavy (non-hydrogen) atoms. The summed E-state index contributed by atoms with van der Waals surface area (Å²) in [5.41, 5.74) is 17.1. The quantitative estimate of drug-likeness (QED) is 0.181. The van der Waals surface area contributed by atoms with E-state index in [4.69, 9.17) is 0 Å². The van der Waals surface area contributed by atoms with E-state index in [1.165, 1.54) is 57.1 Å². The van der Waals surface area contributed by atoms with E-state index in [1.54, 1.807) is 21.5 Å². The Kier molecular flexibility index (Phi) is 2.35. The van der Waals surface area contributed by atoms with Crippen molar-refractivity contribution in [1.29, 1.82) is 0 Å². The van der Waals surface area contributed by atoms with Crippen LogP contribution in [0.3, 0.4) is 0 Å². The van der Waals surface area contributed by atoms with Gasteiger partial charge in [0.1, 0.15) is 0 Å². The second-order valence-electron chi connectivity index (χ2n) is 15.9. The van der Waals surface area contributed by atoms with Gasteiger partial charge in [-0.25, -0.2) is 0 Å². The van der Waals surface area contributed by atoms with Crippen LogP contribution in [-0.4, -0.2) is 5.75 Å². The lowest BCUT2D eigenvalue weighted by Crippen LogP contribution is -2.23. The Morgan fingerprint density at radius 1 is 0.513 bits per heavy atom. The van der Waals surface area contributed by atoms with Crippen molar-refractivity contribution in [1.82, 2.24) is 0 Å². The molecule has 186 valence electrons. The summed E-state index contributed by atoms with van der Waals surface area (Å²) in [6.07, 6.45) is 11.7. The van der Waals surface area contributed by atoms with E-state index in [0.29, 0.717) is 0 Å². The van der Waals surface area contributed by atoms with Crippen molar-refractivity contribution >= 4 is 65.6 Å². The fourth-order valence-corrected chi connectivity index (χ4v) is 16.2. The first-order chi connectivity index (χ1) is 19.4. The highest BCUT2D eigenvalue weighted by molar-refractivity contribution is 7.99. The van der Waals surface area contributed by atoms with Gasteiger partial charge < -0.3 is 0 Å². The summed E-state index contributed by atoms with van der Waals surface area (Å²) in [4.78, 5) is 0. The highest BCUT2D eigenvalue weighted by Gasteiger charge is 2.57. The van der Waals surface area contributed by atoms with Crippen LogP contribution in [0.4, 0.5) is 0 Å². The second-order valence-corrected chi connectivity index (χ2v) is 17.1. The van der Waals surface area contributed by atoms with E-state index in [0.717, 1.165) is 52.6 Å². The molecular weight excluding hydrogens is 488 g/mol. The summed E-state index contributed by atoms with van der Waals surface area (Å²) >= 11 is 2.40. The number of benzene rings is 5. The lowest BCUT2D eigenvalue weighted by molar-refractivity contribution is 0.317. The minimum absolute atomic E-state index is 0.753. The van der Waals surface area contributed by atoms with E-state index in [1.807, 2.05) is 82.4 Å². The van der Waals surface area contributed by atoms with Gasteiger partial charge in [0, 0.05) is 11.0 Å². The van der Waals surface area contributed by atoms with Gasteiger partial charge in [0.25, 0.3) is 0 Å². The first kappa shape index (κ1) is 18.2. The first-order valence-corrected chi connectivity index (χ1v) is 17.5. The molecule has 4 bridgehead atoms. The van der Waals surface area contributed by atoms with Crippen LogP contribution in [0.15, 0.2) is 6.07 Å². The molecule has 0 fully saturated rings. The van der Waals surface area contributed by atoms with Crippen molar-refractivity contribution in [2.75, 3.05) is 5.75 Å². The molecule has 9 unspecified atom stereocenters. The summed E-state index contributed by atoms with van der Waals surface area (Å²) in [5, 5.41) is 18.9. The largest absolute Gasteiger partial charge is 0.153 e. The molecule has 15 rings (SSSR count). The molecule has 9 aliphatic rings. The maximum absolute atomic E-state index is 2.86. The minimum atomic E-state index is 0.753. The zero-order chi connectivity index (χ0) is 23.9. The molecule has 6 aromatic carbocycles. The van der Waals surface area contributed by atoms with E-state index in [9.17, 15) is 0 Å². The van der Waals surface area contributed by atoms with E-state index in [-0.39, 0.29) is 0 Å². The summed E-state index contributed by atoms with van der Waals surface area (Å²) < 4.78 is 0. The van der Waals surface area contributed by atoms with Crippen molar-refractivity contribution in [3.63, 3.8) is 0 Å². The molecule has 9 atom stereocenters. The van der Waals surface area contributed by atoms with E-state index >= 15 is 0 Å². The number of fused-ring (bicyclic) bond motifs is 4. The van der Waals surface area contributed by atoms with Crippen molar-refractivity contribution in [2.45, 2.75) is 98.0 Å². The lowest BCUT2D eigenvalue weighted by Gasteiger charge is -2.37. The molecule has 0 aromatic heterocycles. The number of thioether (sulfide) groups is 1. The van der Waals surface area contributed by atoms with Gasteiger partial charge in [-0.15, -0.1) is 0 Å². The number of hydrogen-bond acceptors (Lipinski definition) is 1. The van der Waals surface area contributed by atoms with Crippen molar-refractivity contribution < 1.29 is 0 Å². The van der Waals surface area contributed by atoms with Crippen molar-refractivity contribution in [2.24, 2.45) is 5.92 Å². The van der Waals surface area contributed by atoms with Crippen LogP contribution >= 0.6 is 11.8 Å². The fraction of sp³-hybridized carbons (Fsp3) is 0.474. The first-order valence-electron chi connectivity index (χ1n) is 16.4. The lowest BCUT2D eigenvalue weighted by atomic mass is 9.66. The van der Waals surface area contributed by atoms with Gasteiger partial charge in [-0.2, -0.15) is 11.8 Å². The monoisotopic (exact) mass is 516 g/mol. The molecule has 6 aromatic rings. The van der Waals surface area contributed by atoms with Crippen LogP contribution < -0.4 is 0 Å². The average molecular weight is 517 g/mol. The van der Waals surface area contributed by atoms with Gasteiger partial charge in [0.05, 0.1) is 0 Å². The van der Waals surface area contributed by atoms with Crippen LogP contribution in [-0.2, 0) is 6.42 Å². The SMILES string of the molecule is c1c2c3c4c5c6c7c8c9c%10c%11c%12c%13c(c1c1c3c6c9c%121)C1CC%13C%11CCC%10C8CCC7C5CC(C4)CC2CS1. The third-order valence-electron chi connectivity index (χ3n) is 15.2. The molecule has 1 aliphatic heterocycles. The molecule has 8 aliphatic carbocycles. The van der Waals surface area contributed by atoms with Gasteiger partial charge >= 0.3 is 0 Å². The molecule has 0 saturated carbocycles. The zero-order valence-corrected chi connectivity index (χ0v) is 22.9. The standard InChI is InChI=1S/C38H28S/c1-3-15-18-6-11-5-12-10-39-22-9-19-16-4-2-14-13(1)26-28(15)33-24(18)20(7-11)23-17(12)8-21-25(22)30(19)35-29(16)27(14)34(26)38-36(35)31(21)32(23)37(33)38/h8,11-16,18-19,22H,1-7,9-10H2. The van der Waals surface area contributed by atoms with Crippen LogP contribution in [0.5, 0.6) is 0 Å². The van der Waals surface area contributed by atoms with Crippen LogP contribution in [0, 0.1) is 5.92 Å². The maximum Gasteiger partial charge on any atom is 0.0312 e. The summed E-state index contributed by atoms with van der Waals surface area (Å²) in [6, 6.07) is 2.86. The van der Waals surface area contributed by atoms with Gasteiger partial charge in [-0.05, 0) is 209 Å². The Hall–Kier alpha value is -2.25. The summed E-state index contributed by atoms with van der Waals surface area (Å²) in [6.45, 7) is 0. The smallest absolute Gasteiger partial charge is 0.0312 e. The van der Waals surface area contributed by atoms with E-state index in [2.05, 4.69) is 17.8 Å². The molecule has 0 spiro atoms. The minimum Gasteiger partial charge on any atom is -0.153 e. The molecule has 0 amide bonds. The predicted octanol–water partition coefficient (Wildman–Crippen LogP) is 10.1. The Morgan fingerprint density at radius 2 is 1.10 bits per heavy atom. The summed E-state index contributed by atoms with van der Waals surface area (Å²) in [7, 11) is 0. The highest BCUT2D eigenvalue weighted by Crippen LogP contribution is 2.76. The molecule has 0 nitrogen and oxygen atoms in total. The van der Waals surface area contributed by atoms with E-state index < -0.39 is 0 Å². The molecule has 0 N–H and O–H groups in total. The maximum atomic E-state index is 2.86. The number of hydrogen-bond donors (Lipinski definition) is 0. The number of rotatable bonds is 0. The highest BCUT2D eigenvalue weighted by atomic mass is 32.2. The van der Waals surface area contributed by atoms with Gasteiger partial charge in [0.15, 0.2) is 0 Å². The molecule has 1 heteroatoms. The topological polar surface area (TPSA) is 0 Å². The predicted molar refractivity (Wildman–Crippen MR) is 161 cm³/mol. The second kappa shape index (κ2) is 5.02. The Bertz CT molecular complexity index is 2290. The molecule has 0 radical (unpaired) electrons. The zero-order valence-electron chi connectivity index (χ0n) is 22.0. The van der Waals surface area contributed by atoms with Crippen LogP contribution in [0.1, 0.15) is 142 Å². The van der Waals surface area contributed by atoms with Gasteiger partial charge in [-0.1, -0.05) is 0 Å². The Morgan fingerprint density at radius 3 is 1.85 bits per heavy atom. The molecular formula is C38H28S. The van der Waals surface area contributed by atoms with Crippen molar-refractivity contribution in [3.05, 3.63) is 56.1 Å². The van der Waals surface area contributed by atoms with Gasteiger partial charge in [0.2, 0.25) is 0 Å². The third-order valence-corrected chi connectivity index (χ3v) is 16.6. The average Bonchev–Trinajstić information content (AvgIpc) is 3.71.